The lowest BCUT2D eigenvalue weighted by atomic mass is 10.0. The van der Waals surface area contributed by atoms with E-state index in [2.05, 4.69) is 46.4 Å². The van der Waals surface area contributed by atoms with E-state index in [1.54, 1.807) is 0 Å². The van der Waals surface area contributed by atoms with Crippen LogP contribution in [0.3, 0.4) is 0 Å². The van der Waals surface area contributed by atoms with E-state index in [-0.39, 0.29) is 6.04 Å². The van der Waals surface area contributed by atoms with Gasteiger partial charge in [0.25, 0.3) is 0 Å². The van der Waals surface area contributed by atoms with E-state index in [0.29, 0.717) is 11.6 Å². The Morgan fingerprint density at radius 3 is 2.68 bits per heavy atom. The van der Waals surface area contributed by atoms with Gasteiger partial charge in [0.2, 0.25) is 0 Å². The maximum Gasteiger partial charge on any atom is 0.0636 e. The van der Waals surface area contributed by atoms with E-state index in [1.807, 2.05) is 24.3 Å². The monoisotopic (exact) mass is 338 g/mol. The van der Waals surface area contributed by atoms with Crippen molar-refractivity contribution in [3.8, 4) is 0 Å². The van der Waals surface area contributed by atoms with Gasteiger partial charge < -0.3 is 11.1 Å². The van der Waals surface area contributed by atoms with Gasteiger partial charge in [0.1, 0.15) is 0 Å². The van der Waals surface area contributed by atoms with Crippen LogP contribution in [0.15, 0.2) is 46.9 Å². The van der Waals surface area contributed by atoms with Gasteiger partial charge in [-0.2, -0.15) is 0 Å². The van der Waals surface area contributed by atoms with Gasteiger partial charge in [-0.3, -0.25) is 0 Å². The highest BCUT2D eigenvalue weighted by atomic mass is 79.9. The fourth-order valence-corrected chi connectivity index (χ4v) is 2.38. The first-order valence-electron chi connectivity index (χ1n) is 6.08. The molecule has 3 N–H and O–H groups in total. The van der Waals surface area contributed by atoms with Crippen molar-refractivity contribution in [2.24, 2.45) is 5.73 Å². The molecule has 0 aliphatic rings. The maximum atomic E-state index is 6.09. The van der Waals surface area contributed by atoms with Crippen LogP contribution in [0.2, 0.25) is 5.02 Å². The molecule has 2 aromatic rings. The molecule has 2 nitrogen and oxygen atoms in total. The normalized spacial score (nSPS) is 12.2. The molecule has 19 heavy (non-hydrogen) atoms. The summed E-state index contributed by atoms with van der Waals surface area (Å²) in [5.74, 6) is 0. The zero-order valence-corrected chi connectivity index (χ0v) is 13.0. The Labute approximate surface area is 127 Å². The van der Waals surface area contributed by atoms with E-state index in [9.17, 15) is 0 Å². The van der Waals surface area contributed by atoms with Crippen LogP contribution >= 0.6 is 27.5 Å². The van der Waals surface area contributed by atoms with E-state index in [4.69, 9.17) is 17.3 Å². The van der Waals surface area contributed by atoms with Crippen molar-refractivity contribution in [1.82, 2.24) is 0 Å². The third-order valence-electron chi connectivity index (χ3n) is 2.94. The van der Waals surface area contributed by atoms with Crippen LogP contribution < -0.4 is 11.1 Å². The molecular weight excluding hydrogens is 324 g/mol. The second kappa shape index (κ2) is 6.42. The van der Waals surface area contributed by atoms with Crippen molar-refractivity contribution in [1.29, 1.82) is 0 Å². The molecule has 4 heteroatoms. The van der Waals surface area contributed by atoms with Gasteiger partial charge in [-0.05, 0) is 46.6 Å². The van der Waals surface area contributed by atoms with Crippen molar-refractivity contribution in [3.05, 3.63) is 63.1 Å². The van der Waals surface area contributed by atoms with Gasteiger partial charge >= 0.3 is 0 Å². The minimum atomic E-state index is 0.0807. The van der Waals surface area contributed by atoms with Crippen molar-refractivity contribution in [2.45, 2.75) is 13.0 Å². The van der Waals surface area contributed by atoms with Gasteiger partial charge in [-0.1, -0.05) is 41.4 Å². The van der Waals surface area contributed by atoms with Gasteiger partial charge in [-0.25, -0.2) is 0 Å². The summed E-state index contributed by atoms with van der Waals surface area (Å²) in [4.78, 5) is 0. The highest BCUT2D eigenvalue weighted by Crippen LogP contribution is 2.27. The molecule has 0 saturated heterocycles. The number of nitrogens with one attached hydrogen (secondary N) is 1. The minimum Gasteiger partial charge on any atom is -0.377 e. The molecule has 0 fully saturated rings. The van der Waals surface area contributed by atoms with Crippen molar-refractivity contribution < 1.29 is 0 Å². The molecule has 100 valence electrons. The van der Waals surface area contributed by atoms with Gasteiger partial charge in [0.05, 0.1) is 11.1 Å². The summed E-state index contributed by atoms with van der Waals surface area (Å²) in [7, 11) is 0. The van der Waals surface area contributed by atoms with E-state index in [1.165, 1.54) is 11.1 Å². The molecular formula is C15H16BrClN2. The lowest BCUT2D eigenvalue weighted by molar-refractivity contribution is 0.789. The SMILES string of the molecule is Cc1cccc(C(CN)Nc2ccc(Br)c(Cl)c2)c1. The maximum absolute atomic E-state index is 6.09. The Bertz CT molecular complexity index is 572. The number of nitrogens with two attached hydrogens (primary N) is 1. The molecule has 1 atom stereocenters. The van der Waals surface area contributed by atoms with Crippen molar-refractivity contribution in [2.75, 3.05) is 11.9 Å². The molecule has 0 bridgehead atoms. The molecule has 0 radical (unpaired) electrons. The number of benzene rings is 2. The first-order valence-corrected chi connectivity index (χ1v) is 7.25. The van der Waals surface area contributed by atoms with E-state index >= 15 is 0 Å². The molecule has 0 aromatic heterocycles. The second-order valence-electron chi connectivity index (χ2n) is 4.48. The van der Waals surface area contributed by atoms with Crippen LogP contribution in [-0.4, -0.2) is 6.54 Å². The Morgan fingerprint density at radius 2 is 2.05 bits per heavy atom. The average molecular weight is 340 g/mol. The van der Waals surface area contributed by atoms with Crippen LogP contribution in [0.1, 0.15) is 17.2 Å². The number of aryl methyl sites for hydroxylation is 1. The zero-order valence-electron chi connectivity index (χ0n) is 10.7. The van der Waals surface area contributed by atoms with Gasteiger partial charge in [0, 0.05) is 16.7 Å². The summed E-state index contributed by atoms with van der Waals surface area (Å²) in [6.45, 7) is 2.60. The molecule has 2 aromatic carbocycles. The second-order valence-corrected chi connectivity index (χ2v) is 5.74. The van der Waals surface area contributed by atoms with Crippen molar-refractivity contribution in [3.63, 3.8) is 0 Å². The Kier molecular flexibility index (Phi) is 4.86. The van der Waals surface area contributed by atoms with Crippen LogP contribution in [0.4, 0.5) is 5.69 Å². The van der Waals surface area contributed by atoms with Gasteiger partial charge in [-0.15, -0.1) is 0 Å². The summed E-state index contributed by atoms with van der Waals surface area (Å²) in [6.07, 6.45) is 0. The summed E-state index contributed by atoms with van der Waals surface area (Å²) in [5.41, 5.74) is 9.24. The summed E-state index contributed by atoms with van der Waals surface area (Å²) in [6, 6.07) is 14.2. The quantitative estimate of drug-likeness (QED) is 0.859. The highest BCUT2D eigenvalue weighted by Gasteiger charge is 2.10. The lowest BCUT2D eigenvalue weighted by Gasteiger charge is -2.19. The molecule has 1 unspecified atom stereocenters. The molecule has 0 aliphatic carbocycles. The van der Waals surface area contributed by atoms with Crippen LogP contribution in [-0.2, 0) is 0 Å². The topological polar surface area (TPSA) is 38.0 Å². The fraction of sp³-hybridized carbons (Fsp3) is 0.200. The molecule has 2 rings (SSSR count). The standard InChI is InChI=1S/C15H16BrClN2/c1-10-3-2-4-11(7-10)15(9-18)19-12-5-6-13(16)14(17)8-12/h2-8,15,19H,9,18H2,1H3. The first-order chi connectivity index (χ1) is 9.10. The predicted octanol–water partition coefficient (Wildman–Crippen LogP) is 4.52. The molecule has 0 heterocycles. The van der Waals surface area contributed by atoms with Crippen molar-refractivity contribution >= 4 is 33.2 Å². The summed E-state index contributed by atoms with van der Waals surface area (Å²) >= 11 is 9.48. The number of anilines is 1. The smallest absolute Gasteiger partial charge is 0.0636 e. The number of rotatable bonds is 4. The number of hydrogen-bond acceptors (Lipinski definition) is 2. The Balaban J connectivity index is 2.21. The highest BCUT2D eigenvalue weighted by molar-refractivity contribution is 9.10. The van der Waals surface area contributed by atoms with Crippen LogP contribution in [0.5, 0.6) is 0 Å². The van der Waals surface area contributed by atoms with Crippen LogP contribution in [0, 0.1) is 6.92 Å². The van der Waals surface area contributed by atoms with Crippen LogP contribution in [0.25, 0.3) is 0 Å². The largest absolute Gasteiger partial charge is 0.377 e. The number of halogens is 2. The lowest BCUT2D eigenvalue weighted by Crippen LogP contribution is -2.20. The fourth-order valence-electron chi connectivity index (χ4n) is 1.95. The zero-order chi connectivity index (χ0) is 13.8. The Hall–Kier alpha value is -1.03. The third-order valence-corrected chi connectivity index (χ3v) is 4.17. The van der Waals surface area contributed by atoms with E-state index < -0.39 is 0 Å². The van der Waals surface area contributed by atoms with E-state index in [0.717, 1.165) is 10.2 Å². The Morgan fingerprint density at radius 1 is 1.26 bits per heavy atom. The summed E-state index contributed by atoms with van der Waals surface area (Å²) in [5, 5.41) is 4.10. The molecule has 0 saturated carbocycles. The first kappa shape index (κ1) is 14.4. The number of hydrogen-bond donors (Lipinski definition) is 2. The minimum absolute atomic E-state index is 0.0807. The predicted molar refractivity (Wildman–Crippen MR) is 85.7 cm³/mol. The van der Waals surface area contributed by atoms with Gasteiger partial charge in [0.15, 0.2) is 0 Å². The molecule has 0 aliphatic heterocycles. The average Bonchev–Trinajstić information content (AvgIpc) is 2.40. The molecule has 0 spiro atoms. The third kappa shape index (κ3) is 3.72. The molecule has 0 amide bonds. The summed E-state index contributed by atoms with van der Waals surface area (Å²) < 4.78 is 0.888.